The number of hydrogen-bond donors (Lipinski definition) is 2. The Morgan fingerprint density at radius 2 is 2.17 bits per heavy atom. The quantitative estimate of drug-likeness (QED) is 0.588. The highest BCUT2D eigenvalue weighted by molar-refractivity contribution is 5.87. The number of hydrogen-bond acceptors (Lipinski definition) is 7. The van der Waals surface area contributed by atoms with Crippen molar-refractivity contribution < 1.29 is 19.0 Å². The summed E-state index contributed by atoms with van der Waals surface area (Å²) in [7, 11) is 0. The van der Waals surface area contributed by atoms with Crippen molar-refractivity contribution >= 4 is 17.8 Å². The first-order valence-electron chi connectivity index (χ1n) is 9.41. The van der Waals surface area contributed by atoms with Gasteiger partial charge >= 0.3 is 6.03 Å². The van der Waals surface area contributed by atoms with Gasteiger partial charge in [0, 0.05) is 31.0 Å². The van der Waals surface area contributed by atoms with E-state index in [1.54, 1.807) is 10.7 Å². The lowest BCUT2D eigenvalue weighted by molar-refractivity contribution is 0.138. The summed E-state index contributed by atoms with van der Waals surface area (Å²) < 4.78 is 17.7. The van der Waals surface area contributed by atoms with E-state index >= 15 is 0 Å². The smallest absolute Gasteiger partial charge is 0.321 e. The van der Waals surface area contributed by atoms with Crippen LogP contribution in [0.2, 0.25) is 0 Å². The molecule has 0 spiro atoms. The molecule has 1 aliphatic heterocycles. The molecule has 0 saturated heterocycles. The van der Waals surface area contributed by atoms with Gasteiger partial charge in [-0.05, 0) is 44.5 Å². The zero-order chi connectivity index (χ0) is 20.2. The molecule has 10 nitrogen and oxygen atoms in total. The van der Waals surface area contributed by atoms with Crippen LogP contribution in [0.15, 0.2) is 30.5 Å². The molecule has 0 aliphatic carbocycles. The lowest BCUT2D eigenvalue weighted by Crippen LogP contribution is -2.37. The molecule has 0 unspecified atom stereocenters. The third kappa shape index (κ3) is 4.21. The van der Waals surface area contributed by atoms with Crippen molar-refractivity contribution in [3.05, 3.63) is 30.5 Å². The molecular formula is C19H22N6O4. The van der Waals surface area contributed by atoms with Gasteiger partial charge in [0.25, 0.3) is 11.7 Å². The van der Waals surface area contributed by atoms with Crippen LogP contribution in [-0.2, 0) is 4.74 Å². The molecule has 10 heteroatoms. The molecule has 3 aromatic rings. The van der Waals surface area contributed by atoms with Crippen molar-refractivity contribution in [2.45, 2.75) is 26.3 Å². The maximum absolute atomic E-state index is 12.2. The molecule has 4 rings (SSSR count). The first-order valence-corrected chi connectivity index (χ1v) is 9.41. The summed E-state index contributed by atoms with van der Waals surface area (Å²) in [6, 6.07) is 7.02. The van der Waals surface area contributed by atoms with Gasteiger partial charge < -0.3 is 19.5 Å². The van der Waals surface area contributed by atoms with Gasteiger partial charge in [-0.25, -0.2) is 9.78 Å². The summed E-state index contributed by atoms with van der Waals surface area (Å²) in [5.41, 5.74) is 1.63. The zero-order valence-corrected chi connectivity index (χ0v) is 16.2. The predicted octanol–water partition coefficient (Wildman–Crippen LogP) is 2.46. The zero-order valence-electron chi connectivity index (χ0n) is 16.2. The summed E-state index contributed by atoms with van der Waals surface area (Å²) in [6.45, 7) is 5.30. The number of nitrogens with zero attached hydrogens (tertiary/aromatic N) is 4. The van der Waals surface area contributed by atoms with Crippen LogP contribution in [0.5, 0.6) is 11.5 Å². The summed E-state index contributed by atoms with van der Waals surface area (Å²) in [6.07, 6.45) is 2.36. The van der Waals surface area contributed by atoms with E-state index in [-0.39, 0.29) is 24.8 Å². The number of carbonyl (C=O) groups excluding carboxylic acids is 1. The topological polar surface area (TPSA) is 112 Å². The summed E-state index contributed by atoms with van der Waals surface area (Å²) >= 11 is 0. The first-order chi connectivity index (χ1) is 14.1. The van der Waals surface area contributed by atoms with Crippen molar-refractivity contribution in [3.63, 3.8) is 0 Å². The Kier molecular flexibility index (Phi) is 5.43. The third-order valence-electron chi connectivity index (χ3n) is 4.41. The number of ether oxygens (including phenoxy) is 3. The Morgan fingerprint density at radius 3 is 3.03 bits per heavy atom. The highest BCUT2D eigenvalue weighted by atomic mass is 16.7. The fraction of sp³-hybridized carbons (Fsp3) is 0.368. The average Bonchev–Trinajstić information content (AvgIpc) is 3.33. The minimum atomic E-state index is -0.380. The van der Waals surface area contributed by atoms with Crippen LogP contribution in [0, 0.1) is 0 Å². The second kappa shape index (κ2) is 8.31. The van der Waals surface area contributed by atoms with Crippen LogP contribution < -0.4 is 20.1 Å². The number of carbonyl (C=O) groups is 1. The Labute approximate surface area is 167 Å². The second-order valence-corrected chi connectivity index (χ2v) is 6.53. The van der Waals surface area contributed by atoms with E-state index in [4.69, 9.17) is 14.2 Å². The van der Waals surface area contributed by atoms with Gasteiger partial charge in [-0.1, -0.05) is 0 Å². The van der Waals surface area contributed by atoms with Gasteiger partial charge in [0.05, 0.1) is 5.69 Å². The Bertz CT molecular complexity index is 1020. The Hall–Kier alpha value is -3.40. The number of amides is 2. The minimum absolute atomic E-state index is 0.0408. The van der Waals surface area contributed by atoms with E-state index in [0.717, 1.165) is 17.7 Å². The standard InChI is InChI=1S/C19H22N6O4/c1-3-27-9-7-12(2)21-19(26)23-17-22-18-20-8-6-14(25(18)24-17)13-4-5-15-16(10-13)29-11-28-15/h4-6,8,10,12H,3,7,9,11H2,1-2H3,(H2,21,23,24,26)/t12-/m0/s1. The largest absolute Gasteiger partial charge is 0.454 e. The number of nitrogens with one attached hydrogen (secondary N) is 2. The molecule has 152 valence electrons. The lowest BCUT2D eigenvalue weighted by Gasteiger charge is -2.13. The van der Waals surface area contributed by atoms with E-state index in [2.05, 4.69) is 25.7 Å². The van der Waals surface area contributed by atoms with Gasteiger partial charge in [0.2, 0.25) is 6.79 Å². The Morgan fingerprint density at radius 1 is 1.31 bits per heavy atom. The van der Waals surface area contributed by atoms with Crippen LogP contribution in [0.3, 0.4) is 0 Å². The molecule has 1 aliphatic rings. The minimum Gasteiger partial charge on any atom is -0.454 e. The molecular weight excluding hydrogens is 376 g/mol. The van der Waals surface area contributed by atoms with E-state index < -0.39 is 0 Å². The molecule has 2 N–H and O–H groups in total. The summed E-state index contributed by atoms with van der Waals surface area (Å²) in [5.74, 6) is 1.92. The van der Waals surface area contributed by atoms with Crippen LogP contribution in [0.4, 0.5) is 10.7 Å². The van der Waals surface area contributed by atoms with Crippen molar-refractivity contribution in [1.29, 1.82) is 0 Å². The number of fused-ring (bicyclic) bond motifs is 2. The van der Waals surface area contributed by atoms with Crippen molar-refractivity contribution in [2.75, 3.05) is 25.3 Å². The highest BCUT2D eigenvalue weighted by Gasteiger charge is 2.17. The number of rotatable bonds is 7. The van der Waals surface area contributed by atoms with E-state index in [0.29, 0.717) is 30.5 Å². The van der Waals surface area contributed by atoms with E-state index in [1.807, 2.05) is 38.1 Å². The van der Waals surface area contributed by atoms with Crippen LogP contribution in [0.1, 0.15) is 20.3 Å². The highest BCUT2D eigenvalue weighted by Crippen LogP contribution is 2.35. The molecule has 2 amide bonds. The van der Waals surface area contributed by atoms with Crippen LogP contribution in [-0.4, -0.2) is 51.7 Å². The molecule has 0 saturated carbocycles. The van der Waals surface area contributed by atoms with Crippen molar-refractivity contribution in [1.82, 2.24) is 24.9 Å². The molecule has 1 atom stereocenters. The molecule has 0 radical (unpaired) electrons. The Balaban J connectivity index is 1.50. The van der Waals surface area contributed by atoms with E-state index in [1.165, 1.54) is 0 Å². The normalized spacial score (nSPS) is 13.4. The molecule has 2 aromatic heterocycles. The fourth-order valence-electron chi connectivity index (χ4n) is 2.96. The number of anilines is 1. The van der Waals surface area contributed by atoms with E-state index in [9.17, 15) is 4.79 Å². The average molecular weight is 398 g/mol. The van der Waals surface area contributed by atoms with Gasteiger partial charge in [0.15, 0.2) is 11.5 Å². The second-order valence-electron chi connectivity index (χ2n) is 6.53. The molecule has 0 bridgehead atoms. The van der Waals surface area contributed by atoms with Crippen molar-refractivity contribution in [3.8, 4) is 22.8 Å². The summed E-state index contributed by atoms with van der Waals surface area (Å²) in [5, 5.41) is 9.87. The summed E-state index contributed by atoms with van der Waals surface area (Å²) in [4.78, 5) is 20.7. The van der Waals surface area contributed by atoms with Gasteiger partial charge in [-0.3, -0.25) is 5.32 Å². The van der Waals surface area contributed by atoms with Crippen molar-refractivity contribution in [2.24, 2.45) is 0 Å². The van der Waals surface area contributed by atoms with Gasteiger partial charge in [0.1, 0.15) is 0 Å². The molecule has 1 aromatic carbocycles. The maximum atomic E-state index is 12.2. The lowest BCUT2D eigenvalue weighted by atomic mass is 10.1. The first kappa shape index (κ1) is 18.9. The maximum Gasteiger partial charge on any atom is 0.321 e. The predicted molar refractivity (Wildman–Crippen MR) is 105 cm³/mol. The molecule has 3 heterocycles. The van der Waals surface area contributed by atoms with Gasteiger partial charge in [-0.15, -0.1) is 5.10 Å². The third-order valence-corrected chi connectivity index (χ3v) is 4.41. The molecule has 29 heavy (non-hydrogen) atoms. The SMILES string of the molecule is CCOCC[C@H](C)NC(=O)Nc1nc2nccc(-c3ccc4c(c3)OCO4)n2n1. The van der Waals surface area contributed by atoms with Crippen LogP contribution >= 0.6 is 0 Å². The number of aromatic nitrogens is 4. The fourth-order valence-corrected chi connectivity index (χ4v) is 2.96. The molecule has 0 fully saturated rings. The van der Waals surface area contributed by atoms with Crippen LogP contribution in [0.25, 0.3) is 17.0 Å². The monoisotopic (exact) mass is 398 g/mol. The van der Waals surface area contributed by atoms with Gasteiger partial charge in [-0.2, -0.15) is 9.50 Å². The number of urea groups is 1. The number of benzene rings is 1.